The zero-order valence-corrected chi connectivity index (χ0v) is 17.9. The number of hydrogen-bond acceptors (Lipinski definition) is 7. The van der Waals surface area contributed by atoms with E-state index in [0.717, 1.165) is 32.2 Å². The average Bonchev–Trinajstić information content (AvgIpc) is 3.28. The van der Waals surface area contributed by atoms with E-state index in [4.69, 9.17) is 10.3 Å². The predicted molar refractivity (Wildman–Crippen MR) is 104 cm³/mol. The van der Waals surface area contributed by atoms with Crippen molar-refractivity contribution in [3.05, 3.63) is 11.5 Å². The third-order valence-corrected chi connectivity index (χ3v) is 7.59. The van der Waals surface area contributed by atoms with Gasteiger partial charge < -0.3 is 15.2 Å². The zero-order chi connectivity index (χ0) is 21.3. The highest BCUT2D eigenvalue weighted by molar-refractivity contribution is 7.89. The van der Waals surface area contributed by atoms with Gasteiger partial charge in [0.1, 0.15) is 10.6 Å². The number of likely N-dealkylation sites (tertiary alicyclic amines) is 2. The minimum absolute atomic E-state index is 0.0256. The van der Waals surface area contributed by atoms with Crippen molar-refractivity contribution in [1.82, 2.24) is 19.7 Å². The van der Waals surface area contributed by atoms with Crippen molar-refractivity contribution in [1.29, 1.82) is 0 Å². The van der Waals surface area contributed by atoms with Gasteiger partial charge in [0, 0.05) is 19.1 Å². The summed E-state index contributed by atoms with van der Waals surface area (Å²) < 4.78 is 32.6. The van der Waals surface area contributed by atoms with E-state index < -0.39 is 16.1 Å². The Morgan fingerprint density at radius 1 is 1.21 bits per heavy atom. The maximum atomic E-state index is 12.8. The molecule has 29 heavy (non-hydrogen) atoms. The second-order valence-electron chi connectivity index (χ2n) is 7.85. The number of rotatable bonds is 6. The number of aromatic nitrogens is 1. The van der Waals surface area contributed by atoms with Gasteiger partial charge in [-0.3, -0.25) is 14.5 Å². The van der Waals surface area contributed by atoms with Crippen LogP contribution in [0.2, 0.25) is 0 Å². The second-order valence-corrected chi connectivity index (χ2v) is 9.50. The molecule has 0 bridgehead atoms. The lowest BCUT2D eigenvalue weighted by molar-refractivity contribution is -0.134. The number of sulfonamides is 1. The normalized spacial score (nSPS) is 22.7. The molecule has 0 unspecified atom stereocenters. The van der Waals surface area contributed by atoms with Gasteiger partial charge in [0.05, 0.1) is 12.1 Å². The Morgan fingerprint density at radius 3 is 2.41 bits per heavy atom. The van der Waals surface area contributed by atoms with Crippen LogP contribution in [-0.4, -0.2) is 72.9 Å². The predicted octanol–water partition coefficient (Wildman–Crippen LogP) is -0.101. The van der Waals surface area contributed by atoms with Crippen LogP contribution in [0.3, 0.4) is 0 Å². The number of nitrogens with one attached hydrogen (secondary N) is 1. The topological polar surface area (TPSA) is 139 Å². The van der Waals surface area contributed by atoms with Crippen LogP contribution < -0.4 is 10.5 Å². The molecule has 162 valence electrons. The van der Waals surface area contributed by atoms with E-state index in [9.17, 15) is 18.0 Å². The van der Waals surface area contributed by atoms with Gasteiger partial charge in [-0.15, -0.1) is 0 Å². The highest BCUT2D eigenvalue weighted by Crippen LogP contribution is 2.26. The fraction of sp³-hybridized carbons (Fsp3) is 0.722. The van der Waals surface area contributed by atoms with Gasteiger partial charge in [0.2, 0.25) is 21.8 Å². The van der Waals surface area contributed by atoms with Crippen LogP contribution in [0.25, 0.3) is 0 Å². The van der Waals surface area contributed by atoms with Crippen molar-refractivity contribution in [2.75, 3.05) is 19.6 Å². The number of aryl methyl sites for hydroxylation is 2. The Balaban J connectivity index is 1.58. The molecule has 2 fully saturated rings. The van der Waals surface area contributed by atoms with E-state index in [0.29, 0.717) is 13.1 Å². The zero-order valence-electron chi connectivity index (χ0n) is 17.1. The minimum Gasteiger partial charge on any atom is -0.368 e. The number of nitrogens with two attached hydrogens (primary N) is 1. The lowest BCUT2D eigenvalue weighted by Gasteiger charge is -2.39. The number of hydrogen-bond donors (Lipinski definition) is 2. The quantitative estimate of drug-likeness (QED) is 0.646. The van der Waals surface area contributed by atoms with Crippen molar-refractivity contribution < 1.29 is 22.5 Å². The van der Waals surface area contributed by atoms with Crippen molar-refractivity contribution in [2.45, 2.75) is 69.5 Å². The molecule has 2 aliphatic rings. The van der Waals surface area contributed by atoms with Crippen LogP contribution in [0.15, 0.2) is 9.42 Å². The van der Waals surface area contributed by atoms with Gasteiger partial charge in [-0.25, -0.2) is 8.42 Å². The molecule has 3 heterocycles. The van der Waals surface area contributed by atoms with Gasteiger partial charge in [-0.2, -0.15) is 4.72 Å². The summed E-state index contributed by atoms with van der Waals surface area (Å²) in [5.41, 5.74) is 5.76. The molecular weight excluding hydrogens is 398 g/mol. The maximum absolute atomic E-state index is 12.8. The second kappa shape index (κ2) is 8.41. The molecule has 11 heteroatoms. The molecular formula is C18H29N5O5S. The van der Waals surface area contributed by atoms with Crippen molar-refractivity contribution in [3.63, 3.8) is 0 Å². The van der Waals surface area contributed by atoms with Crippen LogP contribution in [0.5, 0.6) is 0 Å². The molecule has 2 aliphatic heterocycles. The molecule has 3 rings (SSSR count). The summed E-state index contributed by atoms with van der Waals surface area (Å²) in [6, 6.07) is -0.910. The van der Waals surface area contributed by atoms with Crippen LogP contribution in [0, 0.1) is 13.8 Å². The number of carbonyl (C=O) groups is 2. The van der Waals surface area contributed by atoms with Crippen molar-refractivity contribution >= 4 is 21.8 Å². The Bertz CT molecular complexity index is 856. The van der Waals surface area contributed by atoms with E-state index in [2.05, 4.69) is 14.8 Å². The highest BCUT2D eigenvalue weighted by Gasteiger charge is 2.37. The summed E-state index contributed by atoms with van der Waals surface area (Å²) in [6.45, 7) is 6.48. The minimum atomic E-state index is -3.92. The van der Waals surface area contributed by atoms with E-state index >= 15 is 0 Å². The Morgan fingerprint density at radius 2 is 1.86 bits per heavy atom. The molecule has 0 aromatic carbocycles. The summed E-state index contributed by atoms with van der Waals surface area (Å²) in [5.74, 6) is -0.375. The molecule has 2 amide bonds. The highest BCUT2D eigenvalue weighted by atomic mass is 32.2. The van der Waals surface area contributed by atoms with Crippen LogP contribution in [-0.2, 0) is 19.6 Å². The van der Waals surface area contributed by atoms with E-state index in [1.54, 1.807) is 11.8 Å². The Hall–Kier alpha value is -1.98. The van der Waals surface area contributed by atoms with Gasteiger partial charge in [-0.1, -0.05) is 5.16 Å². The standard InChI is InChI=1S/C18H29N5O5S/c1-11-16(13(3)28-20-11)29(26,27)21-12(2)18(25)22-9-6-14(7-10-22)23-8-4-5-15(23)17(19)24/h12,14-15,21H,4-10H2,1-3H3,(H2,19,24)/t12-,15+/m0/s1. The number of carbonyl (C=O) groups excluding carboxylic acids is 2. The van der Waals surface area contributed by atoms with Gasteiger partial charge in [0.25, 0.3) is 0 Å². The monoisotopic (exact) mass is 427 g/mol. The summed E-state index contributed by atoms with van der Waals surface area (Å²) in [7, 11) is -3.92. The smallest absolute Gasteiger partial charge is 0.246 e. The Kier molecular flexibility index (Phi) is 6.30. The van der Waals surface area contributed by atoms with Gasteiger partial charge >= 0.3 is 0 Å². The fourth-order valence-electron chi connectivity index (χ4n) is 4.42. The van der Waals surface area contributed by atoms with Crippen molar-refractivity contribution in [2.24, 2.45) is 5.73 Å². The summed E-state index contributed by atoms with van der Waals surface area (Å²) in [6.07, 6.45) is 3.21. The van der Waals surface area contributed by atoms with Crippen LogP contribution in [0.4, 0.5) is 0 Å². The number of nitrogens with zero attached hydrogens (tertiary/aromatic N) is 3. The SMILES string of the molecule is Cc1noc(C)c1S(=O)(=O)N[C@@H](C)C(=O)N1CCC(N2CCC[C@@H]2C(N)=O)CC1. The van der Waals surface area contributed by atoms with Crippen LogP contribution in [0.1, 0.15) is 44.1 Å². The maximum Gasteiger partial charge on any atom is 0.246 e. The van der Waals surface area contributed by atoms with Crippen LogP contribution >= 0.6 is 0 Å². The first-order valence-corrected chi connectivity index (χ1v) is 11.4. The summed E-state index contributed by atoms with van der Waals surface area (Å²) in [4.78, 5) is 28.2. The number of primary amides is 1. The third-order valence-electron chi connectivity index (χ3n) is 5.81. The summed E-state index contributed by atoms with van der Waals surface area (Å²) >= 11 is 0. The van der Waals surface area contributed by atoms with Crippen molar-refractivity contribution in [3.8, 4) is 0 Å². The molecule has 0 radical (unpaired) electrons. The lowest BCUT2D eigenvalue weighted by Crippen LogP contribution is -2.54. The van der Waals surface area contributed by atoms with Gasteiger partial charge in [-0.05, 0) is 53.0 Å². The number of piperidine rings is 1. The first-order valence-electron chi connectivity index (χ1n) is 9.91. The molecule has 1 aromatic rings. The van der Waals surface area contributed by atoms with E-state index in [1.165, 1.54) is 13.8 Å². The fourth-order valence-corrected chi connectivity index (χ4v) is 5.95. The molecule has 0 aliphatic carbocycles. The average molecular weight is 428 g/mol. The molecule has 10 nitrogen and oxygen atoms in total. The third kappa shape index (κ3) is 4.46. The van der Waals surface area contributed by atoms with Gasteiger partial charge in [0.15, 0.2) is 5.76 Å². The first kappa shape index (κ1) is 21.7. The molecule has 0 saturated carbocycles. The number of amides is 2. The lowest BCUT2D eigenvalue weighted by atomic mass is 10.0. The molecule has 2 atom stereocenters. The molecule has 3 N–H and O–H groups in total. The largest absolute Gasteiger partial charge is 0.368 e. The summed E-state index contributed by atoms with van der Waals surface area (Å²) in [5, 5.41) is 3.66. The molecule has 0 spiro atoms. The first-order chi connectivity index (χ1) is 13.6. The van der Waals surface area contributed by atoms with E-state index in [-0.39, 0.29) is 40.2 Å². The molecule has 1 aromatic heterocycles. The molecule has 2 saturated heterocycles. The van der Waals surface area contributed by atoms with E-state index in [1.807, 2.05) is 0 Å². The Labute approximate surface area is 170 Å².